The Morgan fingerprint density at radius 1 is 0.950 bits per heavy atom. The van der Waals surface area contributed by atoms with Gasteiger partial charge in [0, 0.05) is 0 Å². The van der Waals surface area contributed by atoms with Crippen molar-refractivity contribution < 1.29 is 32.0 Å². The average Bonchev–Trinajstić information content (AvgIpc) is 3.20. The predicted octanol–water partition coefficient (Wildman–Crippen LogP) is 5.28. The van der Waals surface area contributed by atoms with Gasteiger partial charge in [0.2, 0.25) is 16.3 Å². The van der Waals surface area contributed by atoms with E-state index >= 15 is 0 Å². The van der Waals surface area contributed by atoms with Crippen molar-refractivity contribution in [1.29, 1.82) is 0 Å². The van der Waals surface area contributed by atoms with E-state index in [1.807, 2.05) is 13.8 Å². The predicted molar refractivity (Wildman–Crippen MR) is 167 cm³/mol. The van der Waals surface area contributed by atoms with Gasteiger partial charge in [-0.2, -0.15) is 8.42 Å². The molecule has 1 aliphatic carbocycles. The van der Waals surface area contributed by atoms with Gasteiger partial charge in [-0.1, -0.05) is 96.6 Å². The first-order valence-electron chi connectivity index (χ1n) is 14.5. The monoisotopic (exact) mass is 604 g/mol. The van der Waals surface area contributed by atoms with Gasteiger partial charge in [0.1, 0.15) is 0 Å². The van der Waals surface area contributed by atoms with Crippen LogP contribution in [0.1, 0.15) is 108 Å². The van der Waals surface area contributed by atoms with Crippen LogP contribution in [0.5, 0.6) is 0 Å². The zero-order valence-electron chi connectivity index (χ0n) is 24.8. The number of allylic oxidation sites excluding steroid dienone is 2. The molecule has 222 valence electrons. The second kappa shape index (κ2) is 21.1. The Labute approximate surface area is 272 Å². The SMILES string of the molecule is CC1=C[CH]([AlH2])c2ccccc21.CCCCC(CC)COC(=O)CC(C(=O)OCC(CC)CCCC)S(=O)(=O)O.[NaH]. The number of unbranched alkanes of at least 4 members (excludes halogenated alkanes) is 2. The number of carbonyl (C=O) groups is 2. The molecule has 0 saturated carbocycles. The number of carbonyl (C=O) groups excluding carboxylic acids is 2. The number of esters is 2. The van der Waals surface area contributed by atoms with Crippen LogP contribution in [-0.2, 0) is 29.2 Å². The van der Waals surface area contributed by atoms with Crippen LogP contribution in [0.4, 0.5) is 0 Å². The number of hydrogen-bond acceptors (Lipinski definition) is 6. The van der Waals surface area contributed by atoms with Crippen molar-refractivity contribution in [1.82, 2.24) is 0 Å². The van der Waals surface area contributed by atoms with Crippen LogP contribution in [-0.4, -0.2) is 89.2 Å². The maximum atomic E-state index is 12.2. The van der Waals surface area contributed by atoms with E-state index in [9.17, 15) is 22.6 Å². The van der Waals surface area contributed by atoms with Crippen molar-refractivity contribution in [2.24, 2.45) is 11.8 Å². The minimum absolute atomic E-state index is 0. The minimum atomic E-state index is -4.76. The third kappa shape index (κ3) is 14.5. The van der Waals surface area contributed by atoms with E-state index < -0.39 is 33.7 Å². The summed E-state index contributed by atoms with van der Waals surface area (Å²) >= 11 is 1.24. The van der Waals surface area contributed by atoms with Crippen molar-refractivity contribution in [3.8, 4) is 0 Å². The Morgan fingerprint density at radius 2 is 1.48 bits per heavy atom. The number of ether oxygens (including phenoxy) is 2. The van der Waals surface area contributed by atoms with Gasteiger partial charge >= 0.3 is 41.5 Å². The Balaban J connectivity index is 0.00000104. The summed E-state index contributed by atoms with van der Waals surface area (Å²) in [5.41, 5.74) is 4.46. The van der Waals surface area contributed by atoms with Crippen LogP contribution in [0, 0.1) is 11.8 Å². The molecule has 40 heavy (non-hydrogen) atoms. The summed E-state index contributed by atoms with van der Waals surface area (Å²) in [6.45, 7) is 10.6. The second-order valence-corrected chi connectivity index (χ2v) is 13.4. The van der Waals surface area contributed by atoms with E-state index in [2.05, 4.69) is 51.1 Å². The summed E-state index contributed by atoms with van der Waals surface area (Å²) < 4.78 is 43.5. The first-order chi connectivity index (χ1) is 18.5. The first kappa shape index (κ1) is 39.3. The fourth-order valence-corrected chi connectivity index (χ4v) is 6.29. The summed E-state index contributed by atoms with van der Waals surface area (Å²) in [6.07, 6.45) is 9.13. The van der Waals surface area contributed by atoms with Crippen LogP contribution >= 0.6 is 0 Å². The van der Waals surface area contributed by atoms with Crippen LogP contribution in [0.2, 0.25) is 0 Å². The molecule has 2 rings (SSSR count). The standard InChI is InChI=1S/C20H38O7S.C10H9.Al.Na.3H/c1-5-9-11-16(7-3)14-26-19(21)13-18(28(23,24)25)20(22)27-15-17(8-4)12-10-6-2;1-8-6-7-9-4-2-3-5-10(8)9;;;;;/h16-18H,5-15H2,1-4H3,(H,23,24,25);2-7H,1H3;;;;;. The zero-order valence-corrected chi connectivity index (χ0v) is 27.6. The summed E-state index contributed by atoms with van der Waals surface area (Å²) in [4.78, 5) is 24.2. The van der Waals surface area contributed by atoms with E-state index in [-0.39, 0.29) is 54.6 Å². The van der Waals surface area contributed by atoms with Crippen molar-refractivity contribution in [3.63, 3.8) is 0 Å². The fourth-order valence-electron chi connectivity index (χ4n) is 4.63. The number of hydrogen-bond donors (Lipinski definition) is 1. The van der Waals surface area contributed by atoms with Crippen molar-refractivity contribution in [3.05, 3.63) is 41.5 Å². The molecular weight excluding hydrogens is 554 g/mol. The quantitative estimate of drug-likeness (QED) is 0.155. The Morgan fingerprint density at radius 3 is 1.95 bits per heavy atom. The molecule has 0 aliphatic heterocycles. The molecule has 0 bridgehead atoms. The molecule has 4 atom stereocenters. The van der Waals surface area contributed by atoms with Gasteiger partial charge in [-0.05, 0) is 53.1 Å². The molecule has 0 radical (unpaired) electrons. The molecule has 1 aliphatic rings. The molecule has 0 spiro atoms. The van der Waals surface area contributed by atoms with E-state index in [0.717, 1.165) is 56.1 Å². The molecule has 0 aromatic heterocycles. The molecule has 0 fully saturated rings. The van der Waals surface area contributed by atoms with Gasteiger partial charge in [0.25, 0.3) is 10.1 Å². The fraction of sp³-hybridized carbons (Fsp3) is 0.667. The van der Waals surface area contributed by atoms with Crippen molar-refractivity contribution in [2.75, 3.05) is 13.2 Å². The molecule has 1 aromatic carbocycles. The van der Waals surface area contributed by atoms with Gasteiger partial charge in [-0.3, -0.25) is 14.1 Å². The average molecular weight is 605 g/mol. The molecule has 10 heteroatoms. The Kier molecular flexibility index (Phi) is 20.8. The Hall–Kier alpha value is -0.658. The molecule has 4 unspecified atom stereocenters. The van der Waals surface area contributed by atoms with Crippen molar-refractivity contribution >= 4 is 73.5 Å². The second-order valence-electron chi connectivity index (χ2n) is 10.6. The normalized spacial score (nSPS) is 16.2. The van der Waals surface area contributed by atoms with Crippen molar-refractivity contribution in [2.45, 2.75) is 102 Å². The van der Waals surface area contributed by atoms with Crippen LogP contribution in [0.15, 0.2) is 30.3 Å². The molecule has 0 amide bonds. The van der Waals surface area contributed by atoms with Crippen LogP contribution in [0.3, 0.4) is 0 Å². The summed E-state index contributed by atoms with van der Waals surface area (Å²) in [7, 11) is -4.76. The third-order valence-electron chi connectivity index (χ3n) is 7.38. The van der Waals surface area contributed by atoms with Gasteiger partial charge in [0.05, 0.1) is 19.6 Å². The van der Waals surface area contributed by atoms with E-state index in [4.69, 9.17) is 9.47 Å². The molecule has 0 heterocycles. The van der Waals surface area contributed by atoms with E-state index in [1.54, 1.807) is 0 Å². The molecule has 7 nitrogen and oxygen atoms in total. The molecule has 0 saturated heterocycles. The zero-order chi connectivity index (χ0) is 29.4. The molecular formula is C30H50AlNaO7S. The number of benzene rings is 1. The summed E-state index contributed by atoms with van der Waals surface area (Å²) in [5.74, 6) is -1.61. The Bertz CT molecular complexity index is 1030. The van der Waals surface area contributed by atoms with E-state index in [1.165, 1.54) is 33.0 Å². The molecule has 1 aromatic rings. The first-order valence-corrected chi connectivity index (χ1v) is 17.2. The van der Waals surface area contributed by atoms with Crippen LogP contribution < -0.4 is 0 Å². The number of fused-ring (bicyclic) bond motifs is 1. The number of rotatable bonds is 16. The van der Waals surface area contributed by atoms with Gasteiger partial charge in [-0.25, -0.2) is 0 Å². The van der Waals surface area contributed by atoms with E-state index in [0.29, 0.717) is 0 Å². The van der Waals surface area contributed by atoms with Crippen LogP contribution in [0.25, 0.3) is 5.57 Å². The van der Waals surface area contributed by atoms with Gasteiger partial charge < -0.3 is 9.47 Å². The molecule has 1 N–H and O–H groups in total. The maximum absolute atomic E-state index is 12.2. The summed E-state index contributed by atoms with van der Waals surface area (Å²) in [5, 5.41) is -1.95. The third-order valence-corrected chi connectivity index (χ3v) is 9.41. The van der Waals surface area contributed by atoms with Gasteiger partial charge in [-0.15, -0.1) is 0 Å². The van der Waals surface area contributed by atoms with Gasteiger partial charge in [0.15, 0.2) is 5.25 Å². The summed E-state index contributed by atoms with van der Waals surface area (Å²) in [6, 6.07) is 8.73. The topological polar surface area (TPSA) is 107 Å².